The topological polar surface area (TPSA) is 43.4 Å². The average Bonchev–Trinajstić information content (AvgIpc) is 2.38. The summed E-state index contributed by atoms with van der Waals surface area (Å²) in [4.78, 5) is 0. The van der Waals surface area contributed by atoms with Crippen molar-refractivity contribution in [2.75, 3.05) is 7.11 Å². The monoisotopic (exact) mass is 296 g/mol. The van der Waals surface area contributed by atoms with E-state index in [4.69, 9.17) is 15.4 Å². The first kappa shape index (κ1) is 13.9. The van der Waals surface area contributed by atoms with Crippen LogP contribution in [-0.2, 0) is 14.8 Å². The van der Waals surface area contributed by atoms with Gasteiger partial charge in [-0.15, -0.1) is 0 Å². The van der Waals surface area contributed by atoms with Gasteiger partial charge in [-0.25, -0.2) is 8.42 Å². The van der Waals surface area contributed by atoms with Gasteiger partial charge in [0.05, 0.1) is 12.9 Å². The lowest BCUT2D eigenvalue weighted by atomic mass is 10.0. The van der Waals surface area contributed by atoms with Crippen molar-refractivity contribution in [2.24, 2.45) is 0 Å². The third-order valence-corrected chi connectivity index (χ3v) is 3.69. The van der Waals surface area contributed by atoms with E-state index in [9.17, 15) is 8.42 Å². The van der Waals surface area contributed by atoms with E-state index in [1.807, 2.05) is 30.3 Å². The predicted octanol–water partition coefficient (Wildman–Crippen LogP) is 3.43. The molecule has 0 fully saturated rings. The summed E-state index contributed by atoms with van der Waals surface area (Å²) in [5.41, 5.74) is 2.45. The molecule has 0 N–H and O–H groups in total. The Balaban J connectivity index is 2.49. The van der Waals surface area contributed by atoms with Gasteiger partial charge in [0.25, 0.3) is 0 Å². The van der Waals surface area contributed by atoms with Gasteiger partial charge in [0.15, 0.2) is 0 Å². The SMILES string of the molecule is COc1ccc(CS(=O)(=O)Cl)cc1-c1ccccc1. The molecule has 0 aromatic heterocycles. The Kier molecular flexibility index (Phi) is 4.12. The summed E-state index contributed by atoms with van der Waals surface area (Å²) in [6, 6.07) is 14.9. The van der Waals surface area contributed by atoms with Gasteiger partial charge in [-0.05, 0) is 23.3 Å². The van der Waals surface area contributed by atoms with Crippen molar-refractivity contribution in [3.05, 3.63) is 54.1 Å². The summed E-state index contributed by atoms with van der Waals surface area (Å²) < 4.78 is 27.6. The molecule has 2 aromatic carbocycles. The molecule has 0 aliphatic rings. The second kappa shape index (κ2) is 5.63. The Morgan fingerprint density at radius 1 is 1.11 bits per heavy atom. The highest BCUT2D eigenvalue weighted by Gasteiger charge is 2.11. The number of hydrogen-bond donors (Lipinski definition) is 0. The van der Waals surface area contributed by atoms with Crippen molar-refractivity contribution >= 4 is 19.7 Å². The highest BCUT2D eigenvalue weighted by molar-refractivity contribution is 8.13. The van der Waals surface area contributed by atoms with E-state index < -0.39 is 9.05 Å². The fourth-order valence-electron chi connectivity index (χ4n) is 1.89. The van der Waals surface area contributed by atoms with Crippen molar-refractivity contribution in [1.29, 1.82) is 0 Å². The fraction of sp³-hybridized carbons (Fsp3) is 0.143. The van der Waals surface area contributed by atoms with E-state index in [0.717, 1.165) is 11.1 Å². The van der Waals surface area contributed by atoms with Crippen LogP contribution in [0.2, 0.25) is 0 Å². The molecule has 0 radical (unpaired) electrons. The molecule has 0 spiro atoms. The molecule has 2 rings (SSSR count). The first-order valence-electron chi connectivity index (χ1n) is 5.64. The number of rotatable bonds is 4. The third kappa shape index (κ3) is 3.72. The molecule has 0 atom stereocenters. The number of ether oxygens (including phenoxy) is 1. The number of hydrogen-bond acceptors (Lipinski definition) is 3. The van der Waals surface area contributed by atoms with Crippen LogP contribution in [0.5, 0.6) is 5.75 Å². The molecule has 0 aliphatic carbocycles. The Hall–Kier alpha value is -1.52. The lowest BCUT2D eigenvalue weighted by Crippen LogP contribution is -1.96. The minimum atomic E-state index is -3.56. The van der Waals surface area contributed by atoms with Crippen molar-refractivity contribution < 1.29 is 13.2 Å². The molecule has 19 heavy (non-hydrogen) atoms. The van der Waals surface area contributed by atoms with Gasteiger partial charge in [0.1, 0.15) is 5.75 Å². The maximum absolute atomic E-state index is 11.1. The summed E-state index contributed by atoms with van der Waals surface area (Å²) in [7, 11) is 3.30. The zero-order valence-corrected chi connectivity index (χ0v) is 11.9. The van der Waals surface area contributed by atoms with Crippen LogP contribution in [0.25, 0.3) is 11.1 Å². The van der Waals surface area contributed by atoms with Crippen LogP contribution in [0, 0.1) is 0 Å². The smallest absolute Gasteiger partial charge is 0.236 e. The first-order chi connectivity index (χ1) is 8.99. The molecule has 0 aliphatic heterocycles. The van der Waals surface area contributed by atoms with Gasteiger partial charge in [0.2, 0.25) is 9.05 Å². The van der Waals surface area contributed by atoms with Crippen molar-refractivity contribution in [1.82, 2.24) is 0 Å². The van der Waals surface area contributed by atoms with Crippen LogP contribution in [0.1, 0.15) is 5.56 Å². The maximum atomic E-state index is 11.1. The second-order valence-corrected chi connectivity index (χ2v) is 6.86. The Morgan fingerprint density at radius 2 is 1.79 bits per heavy atom. The van der Waals surface area contributed by atoms with E-state index in [0.29, 0.717) is 11.3 Å². The number of methoxy groups -OCH3 is 1. The molecule has 0 heterocycles. The third-order valence-electron chi connectivity index (χ3n) is 2.69. The molecule has 100 valence electrons. The van der Waals surface area contributed by atoms with Gasteiger partial charge in [-0.2, -0.15) is 0 Å². The van der Waals surface area contributed by atoms with Gasteiger partial charge in [0, 0.05) is 16.2 Å². The molecule has 0 saturated heterocycles. The number of halogens is 1. The van der Waals surface area contributed by atoms with Crippen LogP contribution in [0.4, 0.5) is 0 Å². The normalized spacial score (nSPS) is 11.3. The Labute approximate surface area is 117 Å². The molecule has 2 aromatic rings. The summed E-state index contributed by atoms with van der Waals surface area (Å²) in [6.07, 6.45) is 0. The van der Waals surface area contributed by atoms with Crippen LogP contribution in [-0.4, -0.2) is 15.5 Å². The Bertz CT molecular complexity index is 666. The summed E-state index contributed by atoms with van der Waals surface area (Å²) >= 11 is 0. The molecule has 0 amide bonds. The summed E-state index contributed by atoms with van der Waals surface area (Å²) in [5, 5.41) is 0. The molecule has 0 saturated carbocycles. The molecule has 0 bridgehead atoms. The van der Waals surface area contributed by atoms with E-state index in [1.165, 1.54) is 0 Å². The van der Waals surface area contributed by atoms with Gasteiger partial charge >= 0.3 is 0 Å². The van der Waals surface area contributed by atoms with Crippen LogP contribution >= 0.6 is 10.7 Å². The highest BCUT2D eigenvalue weighted by atomic mass is 35.7. The summed E-state index contributed by atoms with van der Waals surface area (Å²) in [5.74, 6) is 0.500. The lowest BCUT2D eigenvalue weighted by molar-refractivity contribution is 0.416. The number of benzene rings is 2. The molecule has 5 heteroatoms. The van der Waals surface area contributed by atoms with E-state index in [2.05, 4.69) is 0 Å². The lowest BCUT2D eigenvalue weighted by Gasteiger charge is -2.10. The van der Waals surface area contributed by atoms with Crippen LogP contribution in [0.3, 0.4) is 0 Å². The first-order valence-corrected chi connectivity index (χ1v) is 8.12. The quantitative estimate of drug-likeness (QED) is 0.812. The van der Waals surface area contributed by atoms with Crippen LogP contribution < -0.4 is 4.74 Å². The average molecular weight is 297 g/mol. The Morgan fingerprint density at radius 3 is 2.37 bits per heavy atom. The van der Waals surface area contributed by atoms with Crippen molar-refractivity contribution in [3.63, 3.8) is 0 Å². The molecular weight excluding hydrogens is 284 g/mol. The minimum absolute atomic E-state index is 0.196. The second-order valence-electron chi connectivity index (χ2n) is 4.08. The minimum Gasteiger partial charge on any atom is -0.496 e. The molecular formula is C14H13ClO3S. The largest absolute Gasteiger partial charge is 0.496 e. The van der Waals surface area contributed by atoms with E-state index in [-0.39, 0.29) is 5.75 Å². The zero-order chi connectivity index (χ0) is 13.9. The van der Waals surface area contributed by atoms with Crippen LogP contribution in [0.15, 0.2) is 48.5 Å². The van der Waals surface area contributed by atoms with E-state index >= 15 is 0 Å². The van der Waals surface area contributed by atoms with Gasteiger partial charge in [-0.3, -0.25) is 0 Å². The molecule has 0 unspecified atom stereocenters. The highest BCUT2D eigenvalue weighted by Crippen LogP contribution is 2.31. The zero-order valence-electron chi connectivity index (χ0n) is 10.3. The van der Waals surface area contributed by atoms with Gasteiger partial charge in [-0.1, -0.05) is 36.4 Å². The standard InChI is InChI=1S/C14H13ClO3S/c1-18-14-8-7-11(10-19(15,16)17)9-13(14)12-5-3-2-4-6-12/h2-9H,10H2,1H3. The molecule has 3 nitrogen and oxygen atoms in total. The fourth-order valence-corrected chi connectivity index (χ4v) is 2.84. The van der Waals surface area contributed by atoms with Crippen molar-refractivity contribution in [3.8, 4) is 16.9 Å². The van der Waals surface area contributed by atoms with E-state index in [1.54, 1.807) is 25.3 Å². The summed E-state index contributed by atoms with van der Waals surface area (Å²) in [6.45, 7) is 0. The van der Waals surface area contributed by atoms with Crippen molar-refractivity contribution in [2.45, 2.75) is 5.75 Å². The maximum Gasteiger partial charge on any atom is 0.236 e. The predicted molar refractivity (Wildman–Crippen MR) is 76.9 cm³/mol. The van der Waals surface area contributed by atoms with Gasteiger partial charge < -0.3 is 4.74 Å².